The Morgan fingerprint density at radius 1 is 1.09 bits per heavy atom. The molecule has 32 heavy (non-hydrogen) atoms. The highest BCUT2D eigenvalue weighted by atomic mass is 32.2. The molecule has 0 spiro atoms. The minimum atomic E-state index is -0.0664. The van der Waals surface area contributed by atoms with E-state index in [2.05, 4.69) is 11.9 Å². The molecule has 0 aliphatic carbocycles. The first-order chi connectivity index (χ1) is 15.4. The topological polar surface area (TPSA) is 62.3 Å². The molecule has 9 heteroatoms. The quantitative estimate of drug-likeness (QED) is 0.307. The van der Waals surface area contributed by atoms with Gasteiger partial charge in [-0.1, -0.05) is 36.5 Å². The number of thiocarbonyl (C=S) groups is 1. The zero-order valence-corrected chi connectivity index (χ0v) is 20.6. The van der Waals surface area contributed by atoms with Crippen molar-refractivity contribution in [3.8, 4) is 11.5 Å². The number of thioether (sulfide) groups is 1. The Hall–Kier alpha value is -2.10. The number of amides is 2. The van der Waals surface area contributed by atoms with E-state index in [1.54, 1.807) is 19.1 Å². The van der Waals surface area contributed by atoms with Crippen molar-refractivity contribution in [3.63, 3.8) is 0 Å². The molecule has 2 fully saturated rings. The monoisotopic (exact) mass is 477 g/mol. The summed E-state index contributed by atoms with van der Waals surface area (Å²) in [5.41, 5.74) is 0.852. The molecular weight excluding hydrogens is 446 g/mol. The Morgan fingerprint density at radius 3 is 2.50 bits per heavy atom. The smallest absolute Gasteiger partial charge is 0.266 e. The minimum Gasteiger partial charge on any atom is -0.493 e. The minimum absolute atomic E-state index is 0.0664. The number of carbonyl (C=O) groups is 2. The second-order valence-electron chi connectivity index (χ2n) is 7.94. The van der Waals surface area contributed by atoms with Crippen LogP contribution in [0.5, 0.6) is 11.5 Å². The molecule has 0 atom stereocenters. The molecule has 0 saturated carbocycles. The lowest BCUT2D eigenvalue weighted by Gasteiger charge is -2.32. The van der Waals surface area contributed by atoms with Crippen LogP contribution in [0.4, 0.5) is 0 Å². The zero-order valence-electron chi connectivity index (χ0n) is 19.0. The van der Waals surface area contributed by atoms with Gasteiger partial charge in [-0.25, -0.2) is 0 Å². The van der Waals surface area contributed by atoms with Gasteiger partial charge in [0, 0.05) is 39.1 Å². The molecule has 0 bridgehead atoms. The number of hydrogen-bond acceptors (Lipinski definition) is 7. The van der Waals surface area contributed by atoms with Gasteiger partial charge in [-0.2, -0.15) is 0 Å². The van der Waals surface area contributed by atoms with Gasteiger partial charge in [0.25, 0.3) is 5.91 Å². The van der Waals surface area contributed by atoms with Crippen LogP contribution in [-0.4, -0.2) is 84.8 Å². The maximum atomic E-state index is 12.8. The Balaban J connectivity index is 1.46. The third kappa shape index (κ3) is 6.24. The predicted molar refractivity (Wildman–Crippen MR) is 132 cm³/mol. The van der Waals surface area contributed by atoms with Crippen molar-refractivity contribution in [2.45, 2.75) is 25.7 Å². The molecule has 0 unspecified atom stereocenters. The number of benzene rings is 1. The number of likely N-dealkylation sites (N-methyl/N-ethyl adjacent to an activating group) is 1. The second-order valence-corrected chi connectivity index (χ2v) is 9.62. The normalized spacial score (nSPS) is 18.5. The molecule has 0 aromatic heterocycles. The number of piperazine rings is 1. The standard InChI is InChI=1S/C23H31N3O4S2/c1-24-11-13-25(14-12-24)21(27)7-5-4-6-10-26-22(28)20(32-23(26)31)16-17-8-9-18(29-2)19(15-17)30-3/h8-9,15-16H,4-7,10-14H2,1-3H3. The first kappa shape index (κ1) is 24.5. The number of hydrogen-bond donors (Lipinski definition) is 0. The van der Waals surface area contributed by atoms with E-state index < -0.39 is 0 Å². The fourth-order valence-electron chi connectivity index (χ4n) is 3.72. The van der Waals surface area contributed by atoms with Crippen molar-refractivity contribution in [2.24, 2.45) is 0 Å². The van der Waals surface area contributed by atoms with Gasteiger partial charge in [0.05, 0.1) is 19.1 Å². The van der Waals surface area contributed by atoms with Gasteiger partial charge in [-0.05, 0) is 43.7 Å². The number of ether oxygens (including phenoxy) is 2. The third-order valence-corrected chi connectivity index (χ3v) is 7.09. The fraction of sp³-hybridized carbons (Fsp3) is 0.522. The summed E-state index contributed by atoms with van der Waals surface area (Å²) in [6, 6.07) is 5.53. The van der Waals surface area contributed by atoms with Crippen molar-refractivity contribution in [1.82, 2.24) is 14.7 Å². The molecule has 3 rings (SSSR count). The summed E-state index contributed by atoms with van der Waals surface area (Å²) in [7, 11) is 5.25. The van der Waals surface area contributed by atoms with Crippen molar-refractivity contribution >= 4 is 46.2 Å². The van der Waals surface area contributed by atoms with Crippen LogP contribution in [0, 0.1) is 0 Å². The lowest BCUT2D eigenvalue weighted by atomic mass is 10.1. The summed E-state index contributed by atoms with van der Waals surface area (Å²) >= 11 is 6.75. The van der Waals surface area contributed by atoms with E-state index in [0.717, 1.165) is 51.0 Å². The maximum absolute atomic E-state index is 12.8. The number of nitrogens with zero attached hydrogens (tertiary/aromatic N) is 3. The van der Waals surface area contributed by atoms with Crippen LogP contribution in [0.2, 0.25) is 0 Å². The molecule has 7 nitrogen and oxygen atoms in total. The molecule has 2 saturated heterocycles. The van der Waals surface area contributed by atoms with Gasteiger partial charge in [0.1, 0.15) is 4.32 Å². The summed E-state index contributed by atoms with van der Waals surface area (Å²) in [5.74, 6) is 1.43. The van der Waals surface area contributed by atoms with E-state index in [9.17, 15) is 9.59 Å². The molecule has 2 heterocycles. The van der Waals surface area contributed by atoms with E-state index in [4.69, 9.17) is 21.7 Å². The number of carbonyl (C=O) groups excluding carboxylic acids is 2. The molecule has 0 radical (unpaired) electrons. The SMILES string of the molecule is COc1ccc(C=C2SC(=S)N(CCCCCC(=O)N3CCN(C)CC3)C2=O)cc1OC. The molecule has 1 aromatic carbocycles. The van der Waals surface area contributed by atoms with Gasteiger partial charge in [-0.15, -0.1) is 0 Å². The Morgan fingerprint density at radius 2 is 1.81 bits per heavy atom. The Labute approximate surface area is 199 Å². The summed E-state index contributed by atoms with van der Waals surface area (Å²) in [5, 5.41) is 0. The van der Waals surface area contributed by atoms with Crippen molar-refractivity contribution in [2.75, 3.05) is 54.0 Å². The average Bonchev–Trinajstić information content (AvgIpc) is 3.06. The van der Waals surface area contributed by atoms with Crippen LogP contribution in [0.3, 0.4) is 0 Å². The van der Waals surface area contributed by atoms with Crippen molar-refractivity contribution in [3.05, 3.63) is 28.7 Å². The first-order valence-electron chi connectivity index (χ1n) is 10.9. The van der Waals surface area contributed by atoms with E-state index >= 15 is 0 Å². The van der Waals surface area contributed by atoms with Crippen LogP contribution in [0.25, 0.3) is 6.08 Å². The Kier molecular flexibility index (Phi) is 8.95. The van der Waals surface area contributed by atoms with E-state index in [1.165, 1.54) is 11.8 Å². The van der Waals surface area contributed by atoms with Gasteiger partial charge < -0.3 is 19.3 Å². The van der Waals surface area contributed by atoms with Crippen LogP contribution in [0.1, 0.15) is 31.2 Å². The summed E-state index contributed by atoms with van der Waals surface area (Å²) in [6.45, 7) is 4.10. The highest BCUT2D eigenvalue weighted by Crippen LogP contribution is 2.34. The molecule has 2 aliphatic heterocycles. The van der Waals surface area contributed by atoms with Crippen LogP contribution < -0.4 is 9.47 Å². The highest BCUT2D eigenvalue weighted by molar-refractivity contribution is 8.26. The zero-order chi connectivity index (χ0) is 23.1. The van der Waals surface area contributed by atoms with Crippen LogP contribution in [0.15, 0.2) is 23.1 Å². The summed E-state index contributed by atoms with van der Waals surface area (Å²) in [4.78, 5) is 31.6. The molecule has 2 aliphatic rings. The lowest BCUT2D eigenvalue weighted by Crippen LogP contribution is -2.47. The number of unbranched alkanes of at least 4 members (excludes halogenated alkanes) is 2. The van der Waals surface area contributed by atoms with Gasteiger partial charge in [0.15, 0.2) is 11.5 Å². The fourth-order valence-corrected chi connectivity index (χ4v) is 5.03. The van der Waals surface area contributed by atoms with E-state index in [0.29, 0.717) is 33.7 Å². The number of rotatable bonds is 9. The van der Waals surface area contributed by atoms with Crippen LogP contribution in [-0.2, 0) is 9.59 Å². The molecule has 1 aromatic rings. The Bertz CT molecular complexity index is 882. The number of methoxy groups -OCH3 is 2. The largest absolute Gasteiger partial charge is 0.493 e. The summed E-state index contributed by atoms with van der Waals surface area (Å²) < 4.78 is 11.2. The lowest BCUT2D eigenvalue weighted by molar-refractivity contribution is -0.133. The third-order valence-electron chi connectivity index (χ3n) is 5.71. The molecule has 174 valence electrons. The molecule has 2 amide bonds. The predicted octanol–water partition coefficient (Wildman–Crippen LogP) is 3.24. The highest BCUT2D eigenvalue weighted by Gasteiger charge is 2.31. The molecular formula is C23H31N3O4S2. The van der Waals surface area contributed by atoms with Crippen molar-refractivity contribution < 1.29 is 19.1 Å². The van der Waals surface area contributed by atoms with E-state index in [1.807, 2.05) is 29.2 Å². The van der Waals surface area contributed by atoms with Crippen LogP contribution >= 0.6 is 24.0 Å². The van der Waals surface area contributed by atoms with Gasteiger partial charge in [-0.3, -0.25) is 14.5 Å². The van der Waals surface area contributed by atoms with Gasteiger partial charge >= 0.3 is 0 Å². The van der Waals surface area contributed by atoms with Crippen molar-refractivity contribution in [1.29, 1.82) is 0 Å². The first-order valence-corrected chi connectivity index (χ1v) is 12.1. The molecule has 0 N–H and O–H groups in total. The second kappa shape index (κ2) is 11.7. The maximum Gasteiger partial charge on any atom is 0.266 e. The van der Waals surface area contributed by atoms with Gasteiger partial charge in [0.2, 0.25) is 5.91 Å². The average molecular weight is 478 g/mol. The summed E-state index contributed by atoms with van der Waals surface area (Å²) in [6.07, 6.45) is 4.95. The van der Waals surface area contributed by atoms with E-state index in [-0.39, 0.29) is 11.8 Å².